The van der Waals surface area contributed by atoms with E-state index in [1.807, 2.05) is 37.4 Å². The first-order valence-electron chi connectivity index (χ1n) is 13.4. The number of nitrogens with zero attached hydrogens (tertiary/aromatic N) is 5. The van der Waals surface area contributed by atoms with Gasteiger partial charge in [-0.05, 0) is 56.6 Å². The molecule has 0 N–H and O–H groups in total. The molecule has 1 aliphatic heterocycles. The van der Waals surface area contributed by atoms with Gasteiger partial charge >= 0.3 is 5.97 Å². The zero-order chi connectivity index (χ0) is 26.0. The number of fused-ring (bicyclic) bond motifs is 2. The van der Waals surface area contributed by atoms with Crippen molar-refractivity contribution >= 4 is 17.7 Å². The number of amides is 1. The van der Waals surface area contributed by atoms with Gasteiger partial charge in [0.2, 0.25) is 11.7 Å². The molecule has 9 nitrogen and oxygen atoms in total. The molecule has 0 radical (unpaired) electrons. The second-order valence-corrected chi connectivity index (χ2v) is 10.7. The summed E-state index contributed by atoms with van der Waals surface area (Å²) in [5, 5.41) is 13.1. The number of ether oxygens (including phenoxy) is 1. The van der Waals surface area contributed by atoms with Crippen LogP contribution >= 0.6 is 0 Å². The van der Waals surface area contributed by atoms with Crippen molar-refractivity contribution in [2.45, 2.75) is 57.9 Å². The number of carbonyl (C=O) groups excluding carboxylic acids is 3. The summed E-state index contributed by atoms with van der Waals surface area (Å²) in [5.41, 5.74) is 0.0542. The van der Waals surface area contributed by atoms with Crippen molar-refractivity contribution in [2.75, 3.05) is 20.2 Å². The minimum Gasteiger partial charge on any atom is -0.466 e. The molecule has 0 spiro atoms. The smallest absolute Gasteiger partial charge is 0.313 e. The summed E-state index contributed by atoms with van der Waals surface area (Å²) in [4.78, 5) is 43.6. The molecular formula is C28H35N5O4. The number of esters is 1. The van der Waals surface area contributed by atoms with Crippen molar-refractivity contribution in [1.82, 2.24) is 25.1 Å². The van der Waals surface area contributed by atoms with Gasteiger partial charge in [0.1, 0.15) is 5.78 Å². The number of hydrogen-bond acceptors (Lipinski definition) is 7. The maximum atomic E-state index is 13.8. The largest absolute Gasteiger partial charge is 0.466 e. The Morgan fingerprint density at radius 1 is 1.14 bits per heavy atom. The standard InChI is InChI=1S/C28H35N5O4/c1-3-37-27(36)28-17-20(28)13-9-4-5-10-14-32(2)26(35)23-16-21(15-22(23)24(34)18-28)33-30-25(29-31-33)19-11-7-6-8-12-19/h6-9,11-13,20-23H,3-5,10,14-18H2,1-2H3/b13-9-/t20-,21-,22-,23-,28-/m1/s1. The summed E-state index contributed by atoms with van der Waals surface area (Å²) >= 11 is 0. The molecule has 1 amide bonds. The molecule has 37 heavy (non-hydrogen) atoms. The van der Waals surface area contributed by atoms with Gasteiger partial charge in [0.25, 0.3) is 0 Å². The number of benzene rings is 1. The third kappa shape index (κ3) is 5.08. The predicted molar refractivity (Wildman–Crippen MR) is 136 cm³/mol. The minimum atomic E-state index is -0.808. The number of allylic oxidation sites excluding steroid dienone is 2. The SMILES string of the molecule is CCOC(=O)[C@]12CC(=O)[C@@H]3C[C@@H](n4nnc(-c5ccccc5)n4)C[C@H]3C(=O)N(C)CCCC/C=C\[C@@H]1C2. The van der Waals surface area contributed by atoms with Gasteiger partial charge in [0, 0.05) is 31.5 Å². The van der Waals surface area contributed by atoms with Gasteiger partial charge in [-0.3, -0.25) is 14.4 Å². The maximum absolute atomic E-state index is 13.8. The zero-order valence-corrected chi connectivity index (χ0v) is 21.6. The summed E-state index contributed by atoms with van der Waals surface area (Å²) in [6.45, 7) is 2.72. The van der Waals surface area contributed by atoms with E-state index < -0.39 is 17.3 Å². The van der Waals surface area contributed by atoms with E-state index in [0.29, 0.717) is 31.6 Å². The highest BCUT2D eigenvalue weighted by Gasteiger charge is 2.61. The number of carbonyl (C=O) groups is 3. The molecule has 1 aromatic heterocycles. The highest BCUT2D eigenvalue weighted by molar-refractivity contribution is 5.94. The maximum Gasteiger partial charge on any atom is 0.313 e. The number of rotatable bonds is 4. The lowest BCUT2D eigenvalue weighted by Crippen LogP contribution is -2.38. The van der Waals surface area contributed by atoms with Crippen LogP contribution in [0.25, 0.3) is 11.4 Å². The monoisotopic (exact) mass is 505 g/mol. The Bertz CT molecular complexity index is 1180. The van der Waals surface area contributed by atoms with E-state index in [9.17, 15) is 14.4 Å². The van der Waals surface area contributed by atoms with Crippen LogP contribution in [0.5, 0.6) is 0 Å². The van der Waals surface area contributed by atoms with Crippen LogP contribution in [0.4, 0.5) is 0 Å². The average molecular weight is 506 g/mol. The fourth-order valence-corrected chi connectivity index (χ4v) is 5.99. The van der Waals surface area contributed by atoms with Crippen LogP contribution in [-0.4, -0.2) is 63.0 Å². The van der Waals surface area contributed by atoms with Crippen LogP contribution in [0.2, 0.25) is 0 Å². The molecule has 2 saturated carbocycles. The summed E-state index contributed by atoms with van der Waals surface area (Å²) in [6.07, 6.45) is 8.59. The number of Topliss-reactive ketones (excluding diaryl/α,β-unsaturated/α-hetero) is 1. The van der Waals surface area contributed by atoms with E-state index in [-0.39, 0.29) is 42.6 Å². The summed E-state index contributed by atoms with van der Waals surface area (Å²) in [5.74, 6) is -0.798. The van der Waals surface area contributed by atoms with Crippen LogP contribution < -0.4 is 0 Å². The normalized spacial score (nSPS) is 31.2. The third-order valence-electron chi connectivity index (χ3n) is 8.22. The van der Waals surface area contributed by atoms with Gasteiger partial charge in [-0.15, -0.1) is 10.2 Å². The number of ketones is 1. The molecule has 196 valence electrons. The first-order valence-corrected chi connectivity index (χ1v) is 13.4. The first-order chi connectivity index (χ1) is 17.9. The van der Waals surface area contributed by atoms with E-state index in [1.165, 1.54) is 0 Å². The highest BCUT2D eigenvalue weighted by Crippen LogP contribution is 2.58. The van der Waals surface area contributed by atoms with Crippen LogP contribution in [0.1, 0.15) is 57.9 Å². The molecule has 5 rings (SSSR count). The summed E-state index contributed by atoms with van der Waals surface area (Å²) in [6, 6.07) is 9.39. The van der Waals surface area contributed by atoms with E-state index in [1.54, 1.807) is 16.6 Å². The van der Waals surface area contributed by atoms with Gasteiger partial charge in [-0.2, -0.15) is 4.80 Å². The molecular weight excluding hydrogens is 470 g/mol. The number of hydrogen-bond donors (Lipinski definition) is 0. The van der Waals surface area contributed by atoms with Crippen LogP contribution in [0, 0.1) is 23.2 Å². The Labute approximate surface area is 217 Å². The molecule has 3 aliphatic rings. The fourth-order valence-electron chi connectivity index (χ4n) is 5.99. The quantitative estimate of drug-likeness (QED) is 0.461. The van der Waals surface area contributed by atoms with Gasteiger partial charge in [0.05, 0.1) is 24.0 Å². The molecule has 2 heterocycles. The van der Waals surface area contributed by atoms with Crippen molar-refractivity contribution < 1.29 is 19.1 Å². The second-order valence-electron chi connectivity index (χ2n) is 10.7. The van der Waals surface area contributed by atoms with E-state index in [2.05, 4.69) is 27.6 Å². The zero-order valence-electron chi connectivity index (χ0n) is 21.6. The van der Waals surface area contributed by atoms with Gasteiger partial charge < -0.3 is 9.64 Å². The molecule has 0 unspecified atom stereocenters. The van der Waals surface area contributed by atoms with Gasteiger partial charge in [0.15, 0.2) is 0 Å². The Balaban J connectivity index is 1.42. The van der Waals surface area contributed by atoms with Crippen molar-refractivity contribution in [3.8, 4) is 11.4 Å². The van der Waals surface area contributed by atoms with E-state index in [4.69, 9.17) is 4.74 Å². The average Bonchev–Trinajstić information content (AvgIpc) is 3.24. The fraction of sp³-hybridized carbons (Fsp3) is 0.571. The molecule has 2 aliphatic carbocycles. The van der Waals surface area contributed by atoms with Crippen LogP contribution in [-0.2, 0) is 19.1 Å². The Morgan fingerprint density at radius 3 is 2.70 bits per heavy atom. The van der Waals surface area contributed by atoms with Crippen molar-refractivity contribution in [3.05, 3.63) is 42.5 Å². The van der Waals surface area contributed by atoms with Gasteiger partial charge in [-0.25, -0.2) is 0 Å². The Hall–Kier alpha value is -3.36. The molecule has 0 bridgehead atoms. The Kier molecular flexibility index (Phi) is 7.22. The van der Waals surface area contributed by atoms with Crippen LogP contribution in [0.15, 0.2) is 42.5 Å². The predicted octanol–water partition coefficient (Wildman–Crippen LogP) is 3.63. The van der Waals surface area contributed by atoms with Crippen LogP contribution in [0.3, 0.4) is 0 Å². The molecule has 2 fully saturated rings. The molecule has 9 heteroatoms. The molecule has 1 aromatic carbocycles. The Morgan fingerprint density at radius 2 is 1.92 bits per heavy atom. The van der Waals surface area contributed by atoms with E-state index in [0.717, 1.165) is 24.8 Å². The minimum absolute atomic E-state index is 0.0119. The highest BCUT2D eigenvalue weighted by atomic mass is 16.5. The lowest BCUT2D eigenvalue weighted by atomic mass is 9.84. The molecule has 5 atom stereocenters. The number of aromatic nitrogens is 4. The first kappa shape index (κ1) is 25.3. The lowest BCUT2D eigenvalue weighted by molar-refractivity contribution is -0.152. The van der Waals surface area contributed by atoms with Crippen molar-refractivity contribution in [3.63, 3.8) is 0 Å². The lowest BCUT2D eigenvalue weighted by Gasteiger charge is -2.25. The van der Waals surface area contributed by atoms with Gasteiger partial charge in [-0.1, -0.05) is 42.5 Å². The summed E-state index contributed by atoms with van der Waals surface area (Å²) in [7, 11) is 1.82. The molecule has 0 saturated heterocycles. The summed E-state index contributed by atoms with van der Waals surface area (Å²) < 4.78 is 5.40. The topological polar surface area (TPSA) is 107 Å². The second kappa shape index (κ2) is 10.6. The number of tetrazole rings is 1. The third-order valence-corrected chi connectivity index (χ3v) is 8.22. The molecule has 2 aromatic rings. The van der Waals surface area contributed by atoms with Crippen molar-refractivity contribution in [1.29, 1.82) is 0 Å². The van der Waals surface area contributed by atoms with E-state index >= 15 is 0 Å². The van der Waals surface area contributed by atoms with Crippen molar-refractivity contribution in [2.24, 2.45) is 23.2 Å².